The van der Waals surface area contributed by atoms with Crippen LogP contribution in [-0.2, 0) is 0 Å². The van der Waals surface area contributed by atoms with Crippen LogP contribution in [0.5, 0.6) is 11.5 Å². The molecule has 0 spiro atoms. The molecule has 0 saturated carbocycles. The van der Waals surface area contributed by atoms with Gasteiger partial charge in [0.15, 0.2) is 0 Å². The predicted octanol–water partition coefficient (Wildman–Crippen LogP) is 6.48. The number of para-hydroxylation sites is 3. The van der Waals surface area contributed by atoms with Gasteiger partial charge in [0, 0.05) is 31.9 Å². The van der Waals surface area contributed by atoms with Gasteiger partial charge in [0.1, 0.15) is 11.5 Å². The minimum atomic E-state index is 0.0285. The van der Waals surface area contributed by atoms with E-state index in [0.29, 0.717) is 30.3 Å². The fourth-order valence-electron chi connectivity index (χ4n) is 5.06. The van der Waals surface area contributed by atoms with Crippen molar-refractivity contribution in [3.63, 3.8) is 0 Å². The fourth-order valence-corrected chi connectivity index (χ4v) is 5.28. The number of benzene rings is 3. The van der Waals surface area contributed by atoms with Crippen LogP contribution in [0.25, 0.3) is 16.9 Å². The first-order valence-corrected chi connectivity index (χ1v) is 13.3. The molecule has 38 heavy (non-hydrogen) atoms. The topological polar surface area (TPSA) is 46.9 Å². The zero-order chi connectivity index (χ0) is 26.6. The van der Waals surface area contributed by atoms with E-state index in [-0.39, 0.29) is 5.91 Å². The molecule has 1 fully saturated rings. The Morgan fingerprint density at radius 3 is 2.21 bits per heavy atom. The molecular formula is C31H32ClN3O3. The number of ether oxygens (including phenoxy) is 2. The zero-order valence-electron chi connectivity index (χ0n) is 22.0. The quantitative estimate of drug-likeness (QED) is 0.275. The lowest BCUT2D eigenvalue weighted by molar-refractivity contribution is 0.0746. The van der Waals surface area contributed by atoms with Crippen LogP contribution in [0.2, 0.25) is 5.02 Å². The largest absolute Gasteiger partial charge is 0.497 e. The number of hydrogen-bond donors (Lipinski definition) is 0. The van der Waals surface area contributed by atoms with Crippen molar-refractivity contribution < 1.29 is 14.3 Å². The summed E-state index contributed by atoms with van der Waals surface area (Å²) in [5.74, 6) is 1.69. The van der Waals surface area contributed by atoms with Crippen molar-refractivity contribution in [2.24, 2.45) is 0 Å². The van der Waals surface area contributed by atoms with Crippen molar-refractivity contribution in [1.82, 2.24) is 9.47 Å². The van der Waals surface area contributed by atoms with Crippen LogP contribution in [0, 0.1) is 6.92 Å². The van der Waals surface area contributed by atoms with Crippen molar-refractivity contribution in [3.05, 3.63) is 95.1 Å². The predicted molar refractivity (Wildman–Crippen MR) is 153 cm³/mol. The smallest absolute Gasteiger partial charge is 0.255 e. The minimum Gasteiger partial charge on any atom is -0.497 e. The number of piperazine rings is 1. The van der Waals surface area contributed by atoms with E-state index in [2.05, 4.69) is 15.5 Å². The SMILES string of the molecule is CCOc1ccccc1N1CCN(C(=O)c2cc(-c3ccc(OC)cc3)n(-c3ccccc3Cl)c2C)CC1. The lowest BCUT2D eigenvalue weighted by Gasteiger charge is -2.36. The Labute approximate surface area is 229 Å². The van der Waals surface area contributed by atoms with Crippen LogP contribution in [0.15, 0.2) is 78.9 Å². The molecule has 0 radical (unpaired) electrons. The Morgan fingerprint density at radius 1 is 0.895 bits per heavy atom. The molecule has 1 amide bonds. The Kier molecular flexibility index (Phi) is 7.61. The average molecular weight is 530 g/mol. The van der Waals surface area contributed by atoms with Crippen molar-refractivity contribution in [3.8, 4) is 28.4 Å². The van der Waals surface area contributed by atoms with Gasteiger partial charge >= 0.3 is 0 Å². The number of rotatable bonds is 7. The number of anilines is 1. The average Bonchev–Trinajstić information content (AvgIpc) is 3.30. The molecule has 1 aromatic heterocycles. The lowest BCUT2D eigenvalue weighted by Crippen LogP contribution is -2.49. The molecular weight excluding hydrogens is 498 g/mol. The second-order valence-electron chi connectivity index (χ2n) is 9.22. The summed E-state index contributed by atoms with van der Waals surface area (Å²) in [6.45, 7) is 7.34. The third-order valence-corrected chi connectivity index (χ3v) is 7.35. The Morgan fingerprint density at radius 2 is 1.55 bits per heavy atom. The van der Waals surface area contributed by atoms with Gasteiger partial charge in [0.25, 0.3) is 5.91 Å². The molecule has 6 nitrogen and oxygen atoms in total. The van der Waals surface area contributed by atoms with Gasteiger partial charge in [-0.15, -0.1) is 0 Å². The van der Waals surface area contributed by atoms with Gasteiger partial charge < -0.3 is 23.8 Å². The number of carbonyl (C=O) groups is 1. The summed E-state index contributed by atoms with van der Waals surface area (Å²) in [6, 6.07) is 25.7. The summed E-state index contributed by atoms with van der Waals surface area (Å²) >= 11 is 6.63. The minimum absolute atomic E-state index is 0.0285. The number of amides is 1. The van der Waals surface area contributed by atoms with E-state index < -0.39 is 0 Å². The maximum atomic E-state index is 13.9. The van der Waals surface area contributed by atoms with Crippen molar-refractivity contribution in [2.45, 2.75) is 13.8 Å². The molecule has 196 valence electrons. The first kappa shape index (κ1) is 25.7. The Bertz CT molecular complexity index is 1420. The number of carbonyl (C=O) groups excluding carboxylic acids is 1. The second kappa shape index (κ2) is 11.2. The van der Waals surface area contributed by atoms with Gasteiger partial charge in [0.2, 0.25) is 0 Å². The number of methoxy groups -OCH3 is 1. The first-order valence-electron chi connectivity index (χ1n) is 12.9. The first-order chi connectivity index (χ1) is 18.5. The van der Waals surface area contributed by atoms with Crippen LogP contribution in [0.4, 0.5) is 5.69 Å². The van der Waals surface area contributed by atoms with Gasteiger partial charge in [-0.25, -0.2) is 0 Å². The summed E-state index contributed by atoms with van der Waals surface area (Å²) in [5.41, 5.74) is 5.34. The molecule has 0 atom stereocenters. The summed E-state index contributed by atoms with van der Waals surface area (Å²) in [4.78, 5) is 18.1. The molecule has 1 saturated heterocycles. The second-order valence-corrected chi connectivity index (χ2v) is 9.63. The van der Waals surface area contributed by atoms with E-state index in [9.17, 15) is 4.79 Å². The van der Waals surface area contributed by atoms with Crippen molar-refractivity contribution >= 4 is 23.2 Å². The fraction of sp³-hybridized carbons (Fsp3) is 0.258. The molecule has 0 unspecified atom stereocenters. The molecule has 3 aromatic carbocycles. The summed E-state index contributed by atoms with van der Waals surface area (Å²) in [5, 5.41) is 0.626. The zero-order valence-corrected chi connectivity index (χ0v) is 22.7. The van der Waals surface area contributed by atoms with Gasteiger partial charge in [0.05, 0.1) is 41.4 Å². The normalized spacial score (nSPS) is 13.5. The molecule has 0 aliphatic carbocycles. The number of hydrogen-bond acceptors (Lipinski definition) is 4. The van der Waals surface area contributed by atoms with E-state index in [0.717, 1.165) is 52.9 Å². The summed E-state index contributed by atoms with van der Waals surface area (Å²) in [7, 11) is 1.65. The summed E-state index contributed by atoms with van der Waals surface area (Å²) < 4.78 is 13.3. The number of halogens is 1. The molecule has 7 heteroatoms. The highest BCUT2D eigenvalue weighted by Crippen LogP contribution is 2.34. The molecule has 0 bridgehead atoms. The highest BCUT2D eigenvalue weighted by atomic mass is 35.5. The molecule has 2 heterocycles. The lowest BCUT2D eigenvalue weighted by atomic mass is 10.1. The molecule has 1 aliphatic heterocycles. The van der Waals surface area contributed by atoms with E-state index in [1.54, 1.807) is 7.11 Å². The van der Waals surface area contributed by atoms with Gasteiger partial charge in [-0.3, -0.25) is 4.79 Å². The number of nitrogens with zero attached hydrogens (tertiary/aromatic N) is 3. The Balaban J connectivity index is 1.45. The maximum Gasteiger partial charge on any atom is 0.255 e. The van der Waals surface area contributed by atoms with Crippen molar-refractivity contribution in [1.29, 1.82) is 0 Å². The third-order valence-electron chi connectivity index (χ3n) is 7.03. The third kappa shape index (κ3) is 4.96. The van der Waals surface area contributed by atoms with E-state index in [4.69, 9.17) is 21.1 Å². The van der Waals surface area contributed by atoms with Crippen LogP contribution in [0.3, 0.4) is 0 Å². The molecule has 0 N–H and O–H groups in total. The van der Waals surface area contributed by atoms with Gasteiger partial charge in [-0.1, -0.05) is 35.9 Å². The monoisotopic (exact) mass is 529 g/mol. The maximum absolute atomic E-state index is 13.9. The molecule has 1 aliphatic rings. The number of aromatic nitrogens is 1. The van der Waals surface area contributed by atoms with Crippen LogP contribution in [-0.4, -0.2) is 55.3 Å². The van der Waals surface area contributed by atoms with Crippen LogP contribution >= 0.6 is 11.6 Å². The Hall–Kier alpha value is -3.90. The van der Waals surface area contributed by atoms with E-state index in [1.807, 2.05) is 91.5 Å². The highest BCUT2D eigenvalue weighted by molar-refractivity contribution is 6.32. The van der Waals surface area contributed by atoms with E-state index >= 15 is 0 Å². The molecule has 5 rings (SSSR count). The van der Waals surface area contributed by atoms with Gasteiger partial charge in [-0.2, -0.15) is 0 Å². The van der Waals surface area contributed by atoms with Gasteiger partial charge in [-0.05, 0) is 74.0 Å². The summed E-state index contributed by atoms with van der Waals surface area (Å²) in [6.07, 6.45) is 0. The standard InChI is InChI=1S/C31H32ClN3O3/c1-4-38-30-12-8-7-11-28(30)33-17-19-34(20-18-33)31(36)25-21-29(23-13-15-24(37-3)16-14-23)35(22(25)2)27-10-6-5-9-26(27)32/h5-16,21H,4,17-20H2,1-3H3. The van der Waals surface area contributed by atoms with E-state index in [1.165, 1.54) is 0 Å². The van der Waals surface area contributed by atoms with Crippen molar-refractivity contribution in [2.75, 3.05) is 44.8 Å². The van der Waals surface area contributed by atoms with Crippen LogP contribution < -0.4 is 14.4 Å². The highest BCUT2D eigenvalue weighted by Gasteiger charge is 2.28. The molecule has 4 aromatic rings. The van der Waals surface area contributed by atoms with Crippen LogP contribution in [0.1, 0.15) is 23.0 Å².